The number of benzene rings is 2. The summed E-state index contributed by atoms with van der Waals surface area (Å²) in [7, 11) is 0. The van der Waals surface area contributed by atoms with Gasteiger partial charge < -0.3 is 5.32 Å². The van der Waals surface area contributed by atoms with Gasteiger partial charge in [-0.25, -0.2) is 0 Å². The second-order valence-electron chi connectivity index (χ2n) is 5.20. The average Bonchev–Trinajstić information content (AvgIpc) is 2.51. The first kappa shape index (κ1) is 17.0. The maximum Gasteiger partial charge on any atom is 0.234 e. The van der Waals surface area contributed by atoms with Gasteiger partial charge in [-0.2, -0.15) is 0 Å². The topological polar surface area (TPSA) is 29.1 Å². The largest absolute Gasteiger partial charge is 0.325 e. The van der Waals surface area contributed by atoms with Crippen molar-refractivity contribution >= 4 is 35.1 Å². The van der Waals surface area contributed by atoms with Crippen LogP contribution in [0.15, 0.2) is 47.4 Å². The molecule has 1 N–H and O–H groups in total. The number of thioether (sulfide) groups is 2. The molecule has 1 amide bonds. The Bertz CT molecular complexity index is 655. The zero-order chi connectivity index (χ0) is 15.9. The van der Waals surface area contributed by atoms with Gasteiger partial charge in [-0.1, -0.05) is 29.8 Å². The fourth-order valence-corrected chi connectivity index (χ4v) is 3.46. The van der Waals surface area contributed by atoms with E-state index in [4.69, 9.17) is 0 Å². The minimum atomic E-state index is 0.0496. The van der Waals surface area contributed by atoms with Crippen LogP contribution in [0.2, 0.25) is 0 Å². The van der Waals surface area contributed by atoms with Crippen molar-refractivity contribution in [3.63, 3.8) is 0 Å². The van der Waals surface area contributed by atoms with Gasteiger partial charge in [0.1, 0.15) is 0 Å². The van der Waals surface area contributed by atoms with Gasteiger partial charge in [-0.15, -0.1) is 23.5 Å². The highest BCUT2D eigenvalue weighted by molar-refractivity contribution is 7.99. The molecule has 0 saturated carbocycles. The molecule has 0 aliphatic rings. The van der Waals surface area contributed by atoms with Crippen LogP contribution in [0.3, 0.4) is 0 Å². The molecule has 0 aromatic heterocycles. The van der Waals surface area contributed by atoms with E-state index in [1.54, 1.807) is 23.5 Å². The molecule has 0 atom stereocenters. The summed E-state index contributed by atoms with van der Waals surface area (Å²) in [6.07, 6.45) is 2.03. The SMILES string of the molecule is CSc1cccc(NC(=O)CSCc2cc(C)ccc2C)c1. The Morgan fingerprint density at radius 3 is 2.73 bits per heavy atom. The zero-order valence-electron chi connectivity index (χ0n) is 13.2. The molecule has 0 unspecified atom stereocenters. The molecular formula is C18H21NOS2. The smallest absolute Gasteiger partial charge is 0.234 e. The van der Waals surface area contributed by atoms with Gasteiger partial charge in [0.2, 0.25) is 5.91 Å². The minimum absolute atomic E-state index is 0.0496. The van der Waals surface area contributed by atoms with Crippen LogP contribution < -0.4 is 5.32 Å². The normalized spacial score (nSPS) is 10.5. The van der Waals surface area contributed by atoms with Crippen LogP contribution in [0.25, 0.3) is 0 Å². The van der Waals surface area contributed by atoms with Crippen molar-refractivity contribution in [2.24, 2.45) is 0 Å². The van der Waals surface area contributed by atoms with Gasteiger partial charge in [0, 0.05) is 16.3 Å². The second-order valence-corrected chi connectivity index (χ2v) is 7.07. The first-order chi connectivity index (χ1) is 10.6. The number of nitrogens with one attached hydrogen (secondary N) is 1. The first-order valence-corrected chi connectivity index (χ1v) is 9.54. The molecule has 0 bridgehead atoms. The lowest BCUT2D eigenvalue weighted by Gasteiger charge is -2.08. The highest BCUT2D eigenvalue weighted by Crippen LogP contribution is 2.20. The summed E-state index contributed by atoms with van der Waals surface area (Å²) in [5.74, 6) is 1.39. The minimum Gasteiger partial charge on any atom is -0.325 e. The fraction of sp³-hybridized carbons (Fsp3) is 0.278. The molecule has 0 fully saturated rings. The molecule has 2 rings (SSSR count). The van der Waals surface area contributed by atoms with E-state index in [0.717, 1.165) is 16.3 Å². The number of anilines is 1. The summed E-state index contributed by atoms with van der Waals surface area (Å²) in [6, 6.07) is 14.4. The van der Waals surface area contributed by atoms with Crippen molar-refractivity contribution in [3.05, 3.63) is 59.2 Å². The molecule has 2 aromatic carbocycles. The van der Waals surface area contributed by atoms with Gasteiger partial charge in [-0.3, -0.25) is 4.79 Å². The Labute approximate surface area is 141 Å². The number of rotatable bonds is 6. The van der Waals surface area contributed by atoms with Crippen LogP contribution in [-0.4, -0.2) is 17.9 Å². The summed E-state index contributed by atoms with van der Waals surface area (Å²) in [4.78, 5) is 13.2. The molecule has 2 nitrogen and oxygen atoms in total. The number of hydrogen-bond donors (Lipinski definition) is 1. The van der Waals surface area contributed by atoms with E-state index in [9.17, 15) is 4.79 Å². The lowest BCUT2D eigenvalue weighted by atomic mass is 10.1. The predicted molar refractivity (Wildman–Crippen MR) is 98.9 cm³/mol. The quantitative estimate of drug-likeness (QED) is 0.764. The van der Waals surface area contributed by atoms with Crippen molar-refractivity contribution in [1.29, 1.82) is 0 Å². The van der Waals surface area contributed by atoms with Gasteiger partial charge in [-0.05, 0) is 49.4 Å². The third kappa shape index (κ3) is 5.11. The van der Waals surface area contributed by atoms with Crippen LogP contribution in [0.5, 0.6) is 0 Å². The van der Waals surface area contributed by atoms with Gasteiger partial charge in [0.15, 0.2) is 0 Å². The molecule has 0 saturated heterocycles. The number of hydrogen-bond acceptors (Lipinski definition) is 3. The first-order valence-electron chi connectivity index (χ1n) is 7.16. The highest BCUT2D eigenvalue weighted by atomic mass is 32.2. The van der Waals surface area contributed by atoms with Gasteiger partial charge in [0.25, 0.3) is 0 Å². The third-order valence-corrected chi connectivity index (χ3v) is 5.06. The fourth-order valence-electron chi connectivity index (χ4n) is 2.11. The monoisotopic (exact) mass is 331 g/mol. The van der Waals surface area contributed by atoms with Crippen LogP contribution in [0.1, 0.15) is 16.7 Å². The number of carbonyl (C=O) groups is 1. The Balaban J connectivity index is 1.84. The molecule has 0 aliphatic carbocycles. The van der Waals surface area contributed by atoms with Crippen LogP contribution >= 0.6 is 23.5 Å². The summed E-state index contributed by atoms with van der Waals surface area (Å²) in [5.41, 5.74) is 4.72. The molecule has 2 aromatic rings. The molecule has 4 heteroatoms. The van der Waals surface area contributed by atoms with Crippen molar-refractivity contribution in [2.45, 2.75) is 24.5 Å². The zero-order valence-corrected chi connectivity index (χ0v) is 14.8. The standard InChI is InChI=1S/C18H21NOS2/c1-13-7-8-14(2)15(9-13)11-22-12-18(20)19-16-5-4-6-17(10-16)21-3/h4-10H,11-12H2,1-3H3,(H,19,20). The molecule has 116 valence electrons. The maximum absolute atomic E-state index is 12.0. The van der Waals surface area contributed by atoms with E-state index >= 15 is 0 Å². The molecule has 0 heterocycles. The summed E-state index contributed by atoms with van der Waals surface area (Å²) in [6.45, 7) is 4.21. The van der Waals surface area contributed by atoms with Gasteiger partial charge in [0.05, 0.1) is 5.75 Å². The average molecular weight is 332 g/mol. The number of carbonyl (C=O) groups excluding carboxylic acids is 1. The summed E-state index contributed by atoms with van der Waals surface area (Å²) >= 11 is 3.32. The number of amides is 1. The Hall–Kier alpha value is -1.39. The van der Waals surface area contributed by atoms with Crippen LogP contribution in [0.4, 0.5) is 5.69 Å². The Kier molecular flexibility index (Phi) is 6.40. The van der Waals surface area contributed by atoms with E-state index in [2.05, 4.69) is 37.4 Å². The predicted octanol–water partition coefficient (Wildman–Crippen LogP) is 4.90. The second kappa shape index (κ2) is 8.30. The van der Waals surface area contributed by atoms with E-state index in [1.807, 2.05) is 30.5 Å². The Morgan fingerprint density at radius 2 is 1.95 bits per heavy atom. The number of aryl methyl sites for hydroxylation is 2. The maximum atomic E-state index is 12.0. The van der Waals surface area contributed by atoms with Gasteiger partial charge >= 0.3 is 0 Å². The molecule has 0 aliphatic heterocycles. The van der Waals surface area contributed by atoms with Crippen molar-refractivity contribution in [2.75, 3.05) is 17.3 Å². The molecular weight excluding hydrogens is 310 g/mol. The van der Waals surface area contributed by atoms with Crippen molar-refractivity contribution in [1.82, 2.24) is 0 Å². The van der Waals surface area contributed by atoms with E-state index in [0.29, 0.717) is 5.75 Å². The lowest BCUT2D eigenvalue weighted by molar-refractivity contribution is -0.113. The summed E-state index contributed by atoms with van der Waals surface area (Å²) < 4.78 is 0. The van der Waals surface area contributed by atoms with E-state index < -0.39 is 0 Å². The highest BCUT2D eigenvalue weighted by Gasteiger charge is 2.05. The Morgan fingerprint density at radius 1 is 1.14 bits per heavy atom. The van der Waals surface area contributed by atoms with Crippen molar-refractivity contribution < 1.29 is 4.79 Å². The summed E-state index contributed by atoms with van der Waals surface area (Å²) in [5, 5.41) is 2.96. The van der Waals surface area contributed by atoms with E-state index in [1.165, 1.54) is 16.7 Å². The van der Waals surface area contributed by atoms with Crippen molar-refractivity contribution in [3.8, 4) is 0 Å². The molecule has 0 radical (unpaired) electrons. The lowest BCUT2D eigenvalue weighted by Crippen LogP contribution is -2.14. The van der Waals surface area contributed by atoms with Crippen LogP contribution in [-0.2, 0) is 10.5 Å². The van der Waals surface area contributed by atoms with E-state index in [-0.39, 0.29) is 5.91 Å². The third-order valence-electron chi connectivity index (χ3n) is 3.35. The molecule has 0 spiro atoms. The van der Waals surface area contributed by atoms with Crippen LogP contribution in [0, 0.1) is 13.8 Å². The molecule has 22 heavy (non-hydrogen) atoms.